The van der Waals surface area contributed by atoms with Gasteiger partial charge < -0.3 is 14.7 Å². The van der Waals surface area contributed by atoms with Gasteiger partial charge in [-0.3, -0.25) is 4.79 Å². The van der Waals surface area contributed by atoms with Gasteiger partial charge in [0.15, 0.2) is 0 Å². The van der Waals surface area contributed by atoms with Crippen LogP contribution in [0.3, 0.4) is 0 Å². The quantitative estimate of drug-likeness (QED) is 0.747. The first kappa shape index (κ1) is 10.8. The highest BCUT2D eigenvalue weighted by Crippen LogP contribution is 2.23. The first-order valence-corrected chi connectivity index (χ1v) is 5.13. The van der Waals surface area contributed by atoms with E-state index in [0.717, 1.165) is 0 Å². The molecule has 0 fully saturated rings. The molecule has 1 rings (SSSR count). The predicted octanol–water partition coefficient (Wildman–Crippen LogP) is 1.41. The third-order valence-corrected chi connectivity index (χ3v) is 1.79. The van der Waals surface area contributed by atoms with E-state index in [2.05, 4.69) is 9.84 Å². The summed E-state index contributed by atoms with van der Waals surface area (Å²) in [5.74, 6) is 0.125. The van der Waals surface area contributed by atoms with Crippen LogP contribution in [0.25, 0.3) is 0 Å². The van der Waals surface area contributed by atoms with E-state index in [-0.39, 0.29) is 5.91 Å². The maximum Gasteiger partial charge on any atom is 0.365 e. The van der Waals surface area contributed by atoms with E-state index in [4.69, 9.17) is 4.89 Å². The first-order chi connectivity index (χ1) is 6.58. The SMILES string of the molecule is CC(=O)Nc1ccc(O[PH](=O)O)cc1. The van der Waals surface area contributed by atoms with Gasteiger partial charge in [0.2, 0.25) is 5.91 Å². The summed E-state index contributed by atoms with van der Waals surface area (Å²) in [6.07, 6.45) is 0. The Bertz CT molecular complexity index is 314. The largest absolute Gasteiger partial charge is 0.426 e. The Morgan fingerprint density at radius 3 is 2.43 bits per heavy atom. The minimum Gasteiger partial charge on any atom is -0.426 e. The molecule has 0 aliphatic carbocycles. The molecule has 0 spiro atoms. The Kier molecular flexibility index (Phi) is 3.68. The van der Waals surface area contributed by atoms with Crippen molar-refractivity contribution in [2.75, 3.05) is 5.32 Å². The van der Waals surface area contributed by atoms with Gasteiger partial charge in [-0.05, 0) is 24.3 Å². The van der Waals surface area contributed by atoms with Crippen molar-refractivity contribution in [1.82, 2.24) is 0 Å². The number of carbonyl (C=O) groups excluding carboxylic acids is 1. The van der Waals surface area contributed by atoms with E-state index in [1.165, 1.54) is 19.1 Å². The van der Waals surface area contributed by atoms with E-state index in [9.17, 15) is 9.36 Å². The van der Waals surface area contributed by atoms with E-state index in [1.54, 1.807) is 12.1 Å². The number of nitrogens with one attached hydrogen (secondary N) is 1. The van der Waals surface area contributed by atoms with E-state index in [1.807, 2.05) is 0 Å². The molecule has 0 bridgehead atoms. The molecule has 1 aromatic rings. The lowest BCUT2D eigenvalue weighted by molar-refractivity contribution is -0.114. The van der Waals surface area contributed by atoms with Crippen LogP contribution in [0.15, 0.2) is 24.3 Å². The van der Waals surface area contributed by atoms with Crippen LogP contribution in [-0.4, -0.2) is 10.8 Å². The summed E-state index contributed by atoms with van der Waals surface area (Å²) >= 11 is 0. The molecule has 0 aromatic heterocycles. The molecule has 6 heteroatoms. The Labute approximate surface area is 81.7 Å². The molecule has 0 radical (unpaired) electrons. The molecule has 5 nitrogen and oxygen atoms in total. The molecule has 1 amide bonds. The third kappa shape index (κ3) is 3.60. The lowest BCUT2D eigenvalue weighted by Crippen LogP contribution is -2.05. The second-order valence-corrected chi connectivity index (χ2v) is 3.31. The van der Waals surface area contributed by atoms with Crippen molar-refractivity contribution < 1.29 is 18.8 Å². The zero-order chi connectivity index (χ0) is 10.6. The van der Waals surface area contributed by atoms with Crippen LogP contribution in [0.4, 0.5) is 5.69 Å². The molecule has 1 aromatic carbocycles. The molecule has 76 valence electrons. The summed E-state index contributed by atoms with van der Waals surface area (Å²) in [5.41, 5.74) is 0.613. The summed E-state index contributed by atoms with van der Waals surface area (Å²) in [6.45, 7) is 1.40. The summed E-state index contributed by atoms with van der Waals surface area (Å²) < 4.78 is 14.9. The summed E-state index contributed by atoms with van der Waals surface area (Å²) in [4.78, 5) is 19.1. The fourth-order valence-corrected chi connectivity index (χ4v) is 1.25. The van der Waals surface area contributed by atoms with Gasteiger partial charge in [0.25, 0.3) is 0 Å². The van der Waals surface area contributed by atoms with Crippen molar-refractivity contribution in [3.63, 3.8) is 0 Å². The van der Waals surface area contributed by atoms with Crippen molar-refractivity contribution >= 4 is 19.8 Å². The minimum atomic E-state index is -2.96. The first-order valence-electron chi connectivity index (χ1n) is 3.86. The Morgan fingerprint density at radius 2 is 2.00 bits per heavy atom. The Hall–Kier alpha value is -1.32. The number of anilines is 1. The van der Waals surface area contributed by atoms with Crippen LogP contribution in [0.1, 0.15) is 6.92 Å². The zero-order valence-electron chi connectivity index (χ0n) is 7.48. The molecule has 1 atom stereocenters. The fourth-order valence-electron chi connectivity index (χ4n) is 0.910. The summed E-state index contributed by atoms with van der Waals surface area (Å²) in [7, 11) is -2.96. The van der Waals surface area contributed by atoms with E-state index < -0.39 is 8.25 Å². The van der Waals surface area contributed by atoms with E-state index in [0.29, 0.717) is 11.4 Å². The number of amides is 1. The summed E-state index contributed by atoms with van der Waals surface area (Å²) in [5, 5.41) is 2.56. The van der Waals surface area contributed by atoms with Crippen molar-refractivity contribution in [1.29, 1.82) is 0 Å². The average Bonchev–Trinajstić information content (AvgIpc) is 2.06. The second-order valence-electron chi connectivity index (χ2n) is 2.57. The van der Waals surface area contributed by atoms with Crippen LogP contribution in [-0.2, 0) is 9.36 Å². The molecule has 2 N–H and O–H groups in total. The van der Waals surface area contributed by atoms with Gasteiger partial charge in [-0.25, -0.2) is 4.57 Å². The van der Waals surface area contributed by atoms with Gasteiger partial charge in [0, 0.05) is 12.6 Å². The van der Waals surface area contributed by atoms with Gasteiger partial charge in [-0.2, -0.15) is 0 Å². The van der Waals surface area contributed by atoms with Crippen molar-refractivity contribution in [2.45, 2.75) is 6.92 Å². The summed E-state index contributed by atoms with van der Waals surface area (Å²) in [6, 6.07) is 6.18. The number of hydrogen-bond acceptors (Lipinski definition) is 3. The third-order valence-electron chi connectivity index (χ3n) is 1.38. The van der Waals surface area contributed by atoms with Crippen LogP contribution >= 0.6 is 8.25 Å². The van der Waals surface area contributed by atoms with Gasteiger partial charge in [0.1, 0.15) is 5.75 Å². The molecule has 1 unspecified atom stereocenters. The van der Waals surface area contributed by atoms with Gasteiger partial charge >= 0.3 is 8.25 Å². The lowest BCUT2D eigenvalue weighted by atomic mass is 10.3. The predicted molar refractivity (Wildman–Crippen MR) is 52.6 cm³/mol. The topological polar surface area (TPSA) is 75.6 Å². The molecule has 14 heavy (non-hydrogen) atoms. The van der Waals surface area contributed by atoms with Crippen LogP contribution in [0.5, 0.6) is 5.75 Å². The molecule has 0 heterocycles. The Balaban J connectivity index is 2.68. The van der Waals surface area contributed by atoms with E-state index >= 15 is 0 Å². The number of carbonyl (C=O) groups is 1. The monoisotopic (exact) mass is 215 g/mol. The zero-order valence-corrected chi connectivity index (χ0v) is 8.48. The van der Waals surface area contributed by atoms with Crippen molar-refractivity contribution in [2.24, 2.45) is 0 Å². The molecular formula is C8H10NO4P. The molecule has 0 saturated heterocycles. The maximum atomic E-state index is 10.6. The van der Waals surface area contributed by atoms with Gasteiger partial charge in [-0.15, -0.1) is 0 Å². The average molecular weight is 215 g/mol. The Morgan fingerprint density at radius 1 is 1.43 bits per heavy atom. The normalized spacial score (nSPS) is 11.9. The van der Waals surface area contributed by atoms with Gasteiger partial charge in [-0.1, -0.05) is 0 Å². The number of rotatable bonds is 3. The van der Waals surface area contributed by atoms with Gasteiger partial charge in [0.05, 0.1) is 0 Å². The molecular weight excluding hydrogens is 205 g/mol. The van der Waals surface area contributed by atoms with Crippen LogP contribution in [0.2, 0.25) is 0 Å². The molecule has 0 aliphatic heterocycles. The maximum absolute atomic E-state index is 10.6. The highest BCUT2D eigenvalue weighted by molar-refractivity contribution is 7.32. The minimum absolute atomic E-state index is 0.172. The fraction of sp³-hybridized carbons (Fsp3) is 0.125. The van der Waals surface area contributed by atoms with Crippen LogP contribution in [0, 0.1) is 0 Å². The molecule has 0 aliphatic rings. The molecule has 0 saturated carbocycles. The van der Waals surface area contributed by atoms with Crippen molar-refractivity contribution in [3.05, 3.63) is 24.3 Å². The highest BCUT2D eigenvalue weighted by Gasteiger charge is 1.98. The second kappa shape index (κ2) is 4.79. The van der Waals surface area contributed by atoms with Crippen LogP contribution < -0.4 is 9.84 Å². The standard InChI is InChI=1S/C8H10NO4P/c1-6(10)9-7-2-4-8(5-3-7)13-14(11)12/h2-5,14H,1H3,(H,9,10)(H,11,12). The number of benzene rings is 1. The lowest BCUT2D eigenvalue weighted by Gasteiger charge is -2.03. The highest BCUT2D eigenvalue weighted by atomic mass is 31.1. The number of hydrogen-bond donors (Lipinski definition) is 2. The van der Waals surface area contributed by atoms with Crippen molar-refractivity contribution in [3.8, 4) is 5.75 Å². The smallest absolute Gasteiger partial charge is 0.365 e.